The van der Waals surface area contributed by atoms with Gasteiger partial charge in [0.1, 0.15) is 12.4 Å². The number of rotatable bonds is 7. The summed E-state index contributed by atoms with van der Waals surface area (Å²) in [6, 6.07) is 13.6. The number of nitrogens with one attached hydrogen (secondary N) is 1. The van der Waals surface area contributed by atoms with Gasteiger partial charge in [-0.15, -0.1) is 11.8 Å². The molecule has 1 N–H and O–H groups in total. The Labute approximate surface area is 152 Å². The maximum atomic E-state index is 12.1. The molecule has 0 radical (unpaired) electrons. The molecule has 0 aliphatic rings. The molecule has 0 saturated carbocycles. The molecule has 5 heteroatoms. The van der Waals surface area contributed by atoms with Gasteiger partial charge in [0.25, 0.3) is 0 Å². The van der Waals surface area contributed by atoms with Crippen LogP contribution < -0.4 is 10.1 Å². The standard InChI is InChI=1S/C19H22ClNO2S/c1-13-4-5-14(2)18(12-13)23-11-10-21-19(22)15(3)24-17-8-6-16(20)7-9-17/h4-9,12,15H,10-11H2,1-3H3,(H,21,22)/t15-/m1/s1. The summed E-state index contributed by atoms with van der Waals surface area (Å²) < 4.78 is 5.74. The van der Waals surface area contributed by atoms with Crippen molar-refractivity contribution in [2.45, 2.75) is 30.9 Å². The van der Waals surface area contributed by atoms with Crippen molar-refractivity contribution in [3.63, 3.8) is 0 Å². The van der Waals surface area contributed by atoms with Crippen LogP contribution in [0.25, 0.3) is 0 Å². The van der Waals surface area contributed by atoms with E-state index >= 15 is 0 Å². The molecule has 3 nitrogen and oxygen atoms in total. The fourth-order valence-electron chi connectivity index (χ4n) is 2.11. The van der Waals surface area contributed by atoms with E-state index < -0.39 is 0 Å². The van der Waals surface area contributed by atoms with Gasteiger partial charge in [-0.05, 0) is 62.2 Å². The lowest BCUT2D eigenvalue weighted by Gasteiger charge is -2.13. The summed E-state index contributed by atoms with van der Waals surface area (Å²) in [5.74, 6) is 0.868. The summed E-state index contributed by atoms with van der Waals surface area (Å²) in [5.41, 5.74) is 2.26. The maximum absolute atomic E-state index is 12.1. The molecule has 0 aliphatic heterocycles. The van der Waals surface area contributed by atoms with Crippen LogP contribution >= 0.6 is 23.4 Å². The van der Waals surface area contributed by atoms with Gasteiger partial charge in [-0.3, -0.25) is 4.79 Å². The van der Waals surface area contributed by atoms with Gasteiger partial charge in [-0.1, -0.05) is 23.7 Å². The Bertz CT molecular complexity index is 688. The highest BCUT2D eigenvalue weighted by atomic mass is 35.5. The zero-order valence-corrected chi connectivity index (χ0v) is 15.7. The van der Waals surface area contributed by atoms with Crippen LogP contribution in [0.15, 0.2) is 47.4 Å². The molecule has 1 atom stereocenters. The number of aryl methyl sites for hydroxylation is 2. The maximum Gasteiger partial charge on any atom is 0.233 e. The third-order valence-electron chi connectivity index (χ3n) is 3.50. The van der Waals surface area contributed by atoms with E-state index in [1.165, 1.54) is 11.8 Å². The fraction of sp³-hybridized carbons (Fsp3) is 0.316. The molecule has 1 amide bonds. The van der Waals surface area contributed by atoms with Gasteiger partial charge in [-0.25, -0.2) is 0 Å². The van der Waals surface area contributed by atoms with Crippen molar-refractivity contribution in [3.8, 4) is 5.75 Å². The second kappa shape index (κ2) is 9.00. The van der Waals surface area contributed by atoms with E-state index in [2.05, 4.69) is 11.4 Å². The first-order chi connectivity index (χ1) is 11.5. The first-order valence-corrected chi connectivity index (χ1v) is 9.11. The summed E-state index contributed by atoms with van der Waals surface area (Å²) in [6.45, 7) is 6.87. The Kier molecular flexibility index (Phi) is 7.00. The molecule has 24 heavy (non-hydrogen) atoms. The Morgan fingerprint density at radius 1 is 1.21 bits per heavy atom. The van der Waals surface area contributed by atoms with Gasteiger partial charge in [0.15, 0.2) is 0 Å². The summed E-state index contributed by atoms with van der Waals surface area (Å²) in [6.07, 6.45) is 0. The average Bonchev–Trinajstić information content (AvgIpc) is 2.56. The Morgan fingerprint density at radius 3 is 2.62 bits per heavy atom. The molecule has 2 aromatic rings. The molecular formula is C19H22ClNO2S. The van der Waals surface area contributed by atoms with Crippen molar-refractivity contribution in [2.75, 3.05) is 13.2 Å². The van der Waals surface area contributed by atoms with Gasteiger partial charge in [0.05, 0.1) is 11.8 Å². The number of hydrogen-bond acceptors (Lipinski definition) is 3. The molecule has 2 rings (SSSR count). The summed E-state index contributed by atoms with van der Waals surface area (Å²) in [4.78, 5) is 13.2. The number of halogens is 1. The van der Waals surface area contributed by atoms with Crippen molar-refractivity contribution in [3.05, 3.63) is 58.6 Å². The highest BCUT2D eigenvalue weighted by Crippen LogP contribution is 2.24. The third-order valence-corrected chi connectivity index (χ3v) is 4.86. The monoisotopic (exact) mass is 363 g/mol. The molecule has 0 unspecified atom stereocenters. The molecule has 0 aromatic heterocycles. The number of carbonyl (C=O) groups excluding carboxylic acids is 1. The van der Waals surface area contributed by atoms with Crippen LogP contribution in [0.2, 0.25) is 5.02 Å². The summed E-state index contributed by atoms with van der Waals surface area (Å²) in [5, 5.41) is 3.43. The number of ether oxygens (including phenoxy) is 1. The van der Waals surface area contributed by atoms with Crippen LogP contribution in [0.1, 0.15) is 18.1 Å². The van der Waals surface area contributed by atoms with E-state index in [4.69, 9.17) is 16.3 Å². The molecule has 0 spiro atoms. The van der Waals surface area contributed by atoms with Crippen molar-refractivity contribution < 1.29 is 9.53 Å². The quantitative estimate of drug-likeness (QED) is 0.575. The van der Waals surface area contributed by atoms with E-state index in [9.17, 15) is 4.79 Å². The van der Waals surface area contributed by atoms with E-state index in [1.54, 1.807) is 0 Å². The molecule has 2 aromatic carbocycles. The minimum absolute atomic E-state index is 0.000450. The predicted molar refractivity (Wildman–Crippen MR) is 101 cm³/mol. The van der Waals surface area contributed by atoms with Crippen molar-refractivity contribution in [2.24, 2.45) is 0 Å². The lowest BCUT2D eigenvalue weighted by molar-refractivity contribution is -0.120. The third kappa shape index (κ3) is 5.77. The zero-order valence-electron chi connectivity index (χ0n) is 14.1. The highest BCUT2D eigenvalue weighted by molar-refractivity contribution is 8.00. The van der Waals surface area contributed by atoms with Crippen LogP contribution in [0.5, 0.6) is 5.75 Å². The van der Waals surface area contributed by atoms with Gasteiger partial charge in [0.2, 0.25) is 5.91 Å². The van der Waals surface area contributed by atoms with E-state index in [-0.39, 0.29) is 11.2 Å². The SMILES string of the molecule is Cc1ccc(C)c(OCCNC(=O)[C@@H](C)Sc2ccc(Cl)cc2)c1. The lowest BCUT2D eigenvalue weighted by atomic mass is 10.1. The predicted octanol–water partition coefficient (Wildman–Crippen LogP) is 4.63. The van der Waals surface area contributed by atoms with Crippen LogP contribution in [-0.2, 0) is 4.79 Å². The lowest BCUT2D eigenvalue weighted by Crippen LogP contribution is -2.34. The summed E-state index contributed by atoms with van der Waals surface area (Å²) in [7, 11) is 0. The molecular weight excluding hydrogens is 342 g/mol. The Morgan fingerprint density at radius 2 is 1.92 bits per heavy atom. The normalized spacial score (nSPS) is 11.8. The molecule has 0 bridgehead atoms. The van der Waals surface area contributed by atoms with Gasteiger partial charge >= 0.3 is 0 Å². The second-order valence-corrected chi connectivity index (χ2v) is 7.47. The number of carbonyl (C=O) groups is 1. The van der Waals surface area contributed by atoms with E-state index in [0.717, 1.165) is 21.8 Å². The fourth-order valence-corrected chi connectivity index (χ4v) is 3.13. The number of benzene rings is 2. The van der Waals surface area contributed by atoms with E-state index in [1.807, 2.05) is 57.2 Å². The summed E-state index contributed by atoms with van der Waals surface area (Å²) >= 11 is 7.37. The number of thioether (sulfide) groups is 1. The highest BCUT2D eigenvalue weighted by Gasteiger charge is 2.13. The molecule has 0 aliphatic carbocycles. The van der Waals surface area contributed by atoms with Crippen LogP contribution in [0.4, 0.5) is 0 Å². The first kappa shape index (κ1) is 18.7. The zero-order chi connectivity index (χ0) is 17.5. The number of hydrogen-bond donors (Lipinski definition) is 1. The largest absolute Gasteiger partial charge is 0.491 e. The van der Waals surface area contributed by atoms with Crippen LogP contribution in [0.3, 0.4) is 0 Å². The van der Waals surface area contributed by atoms with Crippen molar-refractivity contribution in [1.82, 2.24) is 5.32 Å². The van der Waals surface area contributed by atoms with Gasteiger partial charge in [-0.2, -0.15) is 0 Å². The first-order valence-electron chi connectivity index (χ1n) is 7.85. The average molecular weight is 364 g/mol. The molecule has 0 heterocycles. The van der Waals surface area contributed by atoms with Crippen LogP contribution in [0, 0.1) is 13.8 Å². The molecule has 0 saturated heterocycles. The minimum atomic E-state index is -0.174. The Balaban J connectivity index is 1.74. The topological polar surface area (TPSA) is 38.3 Å². The smallest absolute Gasteiger partial charge is 0.233 e. The van der Waals surface area contributed by atoms with Gasteiger partial charge < -0.3 is 10.1 Å². The molecule has 0 fully saturated rings. The van der Waals surface area contributed by atoms with Crippen LogP contribution in [-0.4, -0.2) is 24.3 Å². The molecule has 128 valence electrons. The Hall–Kier alpha value is -1.65. The number of amides is 1. The van der Waals surface area contributed by atoms with Crippen molar-refractivity contribution >= 4 is 29.3 Å². The van der Waals surface area contributed by atoms with E-state index in [0.29, 0.717) is 18.2 Å². The van der Waals surface area contributed by atoms with Gasteiger partial charge in [0, 0.05) is 9.92 Å². The van der Waals surface area contributed by atoms with Crippen molar-refractivity contribution in [1.29, 1.82) is 0 Å². The minimum Gasteiger partial charge on any atom is -0.491 e. The second-order valence-electron chi connectivity index (χ2n) is 5.62.